The molecule has 1 N–H and O–H groups in total. The van der Waals surface area contributed by atoms with Gasteiger partial charge in [-0.15, -0.1) is 0 Å². The first kappa shape index (κ1) is 12.8. The highest BCUT2D eigenvalue weighted by molar-refractivity contribution is 5.91. The van der Waals surface area contributed by atoms with Crippen LogP contribution in [0.4, 0.5) is 15.4 Å². The summed E-state index contributed by atoms with van der Waals surface area (Å²) < 4.78 is 4.75. The molecule has 2 heterocycles. The van der Waals surface area contributed by atoms with Gasteiger partial charge in [0, 0.05) is 25.5 Å². The first-order valence-electron chi connectivity index (χ1n) is 6.71. The monoisotopic (exact) mass is 276 g/mol. The molecule has 3 rings (SSSR count). The molecule has 1 saturated carbocycles. The van der Waals surface area contributed by atoms with E-state index in [9.17, 15) is 9.59 Å². The van der Waals surface area contributed by atoms with Gasteiger partial charge < -0.3 is 9.64 Å². The third kappa shape index (κ3) is 2.87. The van der Waals surface area contributed by atoms with Gasteiger partial charge in [-0.3, -0.25) is 10.3 Å². The van der Waals surface area contributed by atoms with Gasteiger partial charge in [-0.05, 0) is 31.1 Å². The number of ether oxygens (including phenoxy) is 1. The summed E-state index contributed by atoms with van der Waals surface area (Å²) >= 11 is 0. The molecule has 1 aliphatic heterocycles. The van der Waals surface area contributed by atoms with E-state index in [1.165, 1.54) is 31.4 Å². The van der Waals surface area contributed by atoms with Crippen LogP contribution < -0.4 is 5.32 Å². The second-order valence-corrected chi connectivity index (χ2v) is 5.36. The second-order valence-electron chi connectivity index (χ2n) is 5.36. The number of piperidine rings is 1. The number of hydrogen-bond acceptors (Lipinski definition) is 5. The van der Waals surface area contributed by atoms with Crippen LogP contribution in [-0.4, -0.2) is 40.1 Å². The Balaban J connectivity index is 1.47. The molecular weight excluding hydrogens is 260 g/mol. The normalized spacial score (nSPS) is 19.5. The molecule has 2 amide bonds. The average Bonchev–Trinajstić information content (AvgIpc) is 3.20. The number of hydrogen-bond donors (Lipinski definition) is 1. The zero-order valence-electron chi connectivity index (χ0n) is 11.0. The first-order chi connectivity index (χ1) is 9.67. The third-order valence-electron chi connectivity index (χ3n) is 4.01. The minimum Gasteiger partial charge on any atom is -0.359 e. The predicted molar refractivity (Wildman–Crippen MR) is 70.0 cm³/mol. The molecule has 0 unspecified atom stereocenters. The molecule has 7 nitrogen and oxygen atoms in total. The number of carbonyl (C=O) groups is 2. The van der Waals surface area contributed by atoms with Gasteiger partial charge >= 0.3 is 12.2 Å². The lowest BCUT2D eigenvalue weighted by molar-refractivity contribution is 0.106. The number of nitrogens with zero attached hydrogens (tertiary/aromatic N) is 3. The molecule has 1 aliphatic carbocycles. The molecule has 0 aromatic carbocycles. The number of nitrogens with one attached hydrogen (secondary N) is 1. The number of rotatable bonds is 1. The molecule has 2 aliphatic rings. The van der Waals surface area contributed by atoms with Crippen LogP contribution in [0.3, 0.4) is 0 Å². The van der Waals surface area contributed by atoms with Crippen molar-refractivity contribution in [3.05, 3.63) is 18.6 Å². The lowest BCUT2D eigenvalue weighted by Crippen LogP contribution is -2.40. The summed E-state index contributed by atoms with van der Waals surface area (Å²) in [6, 6.07) is 0. The quantitative estimate of drug-likeness (QED) is 0.793. The molecular formula is C13H16N4O3. The summed E-state index contributed by atoms with van der Waals surface area (Å²) in [5.41, 5.74) is 0.485. The number of anilines is 1. The summed E-state index contributed by atoms with van der Waals surface area (Å²) in [7, 11) is 0. The molecule has 1 aromatic heterocycles. The lowest BCUT2D eigenvalue weighted by Gasteiger charge is -2.30. The van der Waals surface area contributed by atoms with E-state index < -0.39 is 12.2 Å². The minimum atomic E-state index is -0.831. The van der Waals surface area contributed by atoms with E-state index >= 15 is 0 Å². The van der Waals surface area contributed by atoms with E-state index in [0.29, 0.717) is 18.5 Å². The number of aromatic nitrogens is 2. The van der Waals surface area contributed by atoms with Crippen LogP contribution in [0.25, 0.3) is 0 Å². The zero-order valence-corrected chi connectivity index (χ0v) is 11.0. The van der Waals surface area contributed by atoms with Gasteiger partial charge in [0.2, 0.25) is 0 Å². The van der Waals surface area contributed by atoms with Gasteiger partial charge in [0.25, 0.3) is 0 Å². The average molecular weight is 276 g/mol. The maximum Gasteiger partial charge on any atom is 0.421 e. The fourth-order valence-corrected chi connectivity index (χ4v) is 2.48. The molecule has 7 heteroatoms. The number of amides is 2. The molecule has 1 aromatic rings. The van der Waals surface area contributed by atoms with Crippen LogP contribution >= 0.6 is 0 Å². The minimum absolute atomic E-state index is 0.251. The number of carbonyl (C=O) groups excluding carboxylic acids is 2. The van der Waals surface area contributed by atoms with E-state index in [1.807, 2.05) is 0 Å². The SMILES string of the molecule is O=C(Nc1cnccn1)OC(=O)N1CCC2(CC1)CC2. The van der Waals surface area contributed by atoms with Crippen molar-refractivity contribution in [2.75, 3.05) is 18.4 Å². The Bertz CT molecular complexity index is 506. The topological polar surface area (TPSA) is 84.4 Å². The fourth-order valence-electron chi connectivity index (χ4n) is 2.48. The Morgan fingerprint density at radius 3 is 2.55 bits per heavy atom. The van der Waals surface area contributed by atoms with Gasteiger partial charge in [0.15, 0.2) is 5.82 Å². The molecule has 0 radical (unpaired) electrons. The standard InChI is InChI=1S/C13H16N4O3/c18-11(16-10-9-14-5-6-15-10)20-12(19)17-7-3-13(1-2-13)4-8-17/h5-6,9H,1-4,7-8H2,(H,15,16,18). The van der Waals surface area contributed by atoms with Crippen molar-refractivity contribution in [1.82, 2.24) is 14.9 Å². The highest BCUT2D eigenvalue weighted by Gasteiger charge is 2.45. The number of likely N-dealkylation sites (tertiary alicyclic amines) is 1. The fraction of sp³-hybridized carbons (Fsp3) is 0.538. The van der Waals surface area contributed by atoms with Gasteiger partial charge in [0.1, 0.15) is 0 Å². The Kier molecular flexibility index (Phi) is 3.25. The predicted octanol–water partition coefficient (Wildman–Crippen LogP) is 2.02. The molecule has 1 spiro atoms. The van der Waals surface area contributed by atoms with Crippen LogP contribution in [0.15, 0.2) is 18.6 Å². The summed E-state index contributed by atoms with van der Waals surface area (Å²) in [5, 5.41) is 2.36. The summed E-state index contributed by atoms with van der Waals surface area (Å²) in [6.45, 7) is 1.33. The van der Waals surface area contributed by atoms with Crippen LogP contribution in [-0.2, 0) is 4.74 Å². The third-order valence-corrected chi connectivity index (χ3v) is 4.01. The van der Waals surface area contributed by atoms with E-state index in [1.54, 1.807) is 4.90 Å². The molecule has 0 bridgehead atoms. The Labute approximate surface area is 116 Å². The van der Waals surface area contributed by atoms with Gasteiger partial charge in [0.05, 0.1) is 6.20 Å². The van der Waals surface area contributed by atoms with Crippen molar-refractivity contribution in [3.8, 4) is 0 Å². The summed E-state index contributed by atoms with van der Waals surface area (Å²) in [5.74, 6) is 0.251. The highest BCUT2D eigenvalue weighted by Crippen LogP contribution is 2.53. The van der Waals surface area contributed by atoms with Crippen LogP contribution in [0.1, 0.15) is 25.7 Å². The Morgan fingerprint density at radius 2 is 1.95 bits per heavy atom. The Morgan fingerprint density at radius 1 is 1.20 bits per heavy atom. The van der Waals surface area contributed by atoms with E-state index in [0.717, 1.165) is 12.8 Å². The maximum atomic E-state index is 11.8. The highest BCUT2D eigenvalue weighted by atomic mass is 16.6. The molecule has 1 saturated heterocycles. The molecule has 20 heavy (non-hydrogen) atoms. The van der Waals surface area contributed by atoms with Crippen molar-refractivity contribution in [2.45, 2.75) is 25.7 Å². The maximum absolute atomic E-state index is 11.8. The summed E-state index contributed by atoms with van der Waals surface area (Å²) in [4.78, 5) is 32.6. The summed E-state index contributed by atoms with van der Waals surface area (Å²) in [6.07, 6.45) is 7.43. The van der Waals surface area contributed by atoms with E-state index in [2.05, 4.69) is 15.3 Å². The second kappa shape index (κ2) is 5.07. The Hall–Kier alpha value is -2.18. The van der Waals surface area contributed by atoms with Gasteiger partial charge in [-0.1, -0.05) is 0 Å². The van der Waals surface area contributed by atoms with Gasteiger partial charge in [-0.25, -0.2) is 14.6 Å². The van der Waals surface area contributed by atoms with Gasteiger partial charge in [-0.2, -0.15) is 0 Å². The van der Waals surface area contributed by atoms with E-state index in [4.69, 9.17) is 4.74 Å². The first-order valence-corrected chi connectivity index (χ1v) is 6.71. The van der Waals surface area contributed by atoms with Crippen LogP contribution in [0, 0.1) is 5.41 Å². The molecule has 2 fully saturated rings. The van der Waals surface area contributed by atoms with Crippen LogP contribution in [0.5, 0.6) is 0 Å². The van der Waals surface area contributed by atoms with Crippen molar-refractivity contribution < 1.29 is 14.3 Å². The van der Waals surface area contributed by atoms with Crippen molar-refractivity contribution in [3.63, 3.8) is 0 Å². The van der Waals surface area contributed by atoms with Crippen molar-refractivity contribution in [2.24, 2.45) is 5.41 Å². The van der Waals surface area contributed by atoms with Crippen LogP contribution in [0.2, 0.25) is 0 Å². The zero-order chi connectivity index (χ0) is 14.0. The molecule has 106 valence electrons. The smallest absolute Gasteiger partial charge is 0.359 e. The van der Waals surface area contributed by atoms with Crippen molar-refractivity contribution >= 4 is 18.0 Å². The molecule has 0 atom stereocenters. The van der Waals surface area contributed by atoms with Crippen molar-refractivity contribution in [1.29, 1.82) is 0 Å². The van der Waals surface area contributed by atoms with E-state index in [-0.39, 0.29) is 5.82 Å². The lowest BCUT2D eigenvalue weighted by atomic mass is 9.94. The largest absolute Gasteiger partial charge is 0.421 e.